The quantitative estimate of drug-likeness (QED) is 0.613. The SMILES string of the molecule is Cc1cc(Br)cc(/C=C/C(=O)O)c1OCCOC(F)(F)F. The van der Waals surface area contributed by atoms with E-state index in [2.05, 4.69) is 20.7 Å². The fraction of sp³-hybridized carbons (Fsp3) is 0.308. The smallest absolute Gasteiger partial charge is 0.490 e. The zero-order valence-electron chi connectivity index (χ0n) is 10.9. The van der Waals surface area contributed by atoms with Crippen LogP contribution in [0, 0.1) is 6.92 Å². The van der Waals surface area contributed by atoms with Crippen molar-refractivity contribution in [3.63, 3.8) is 0 Å². The minimum atomic E-state index is -4.70. The van der Waals surface area contributed by atoms with Crippen molar-refractivity contribution in [2.75, 3.05) is 13.2 Å². The summed E-state index contributed by atoms with van der Waals surface area (Å²) in [5.41, 5.74) is 1.10. The van der Waals surface area contributed by atoms with Gasteiger partial charge in [0.2, 0.25) is 0 Å². The zero-order chi connectivity index (χ0) is 16.0. The molecule has 0 bridgehead atoms. The van der Waals surface area contributed by atoms with Crippen LogP contribution in [0.4, 0.5) is 13.2 Å². The Bertz CT molecular complexity index is 541. The van der Waals surface area contributed by atoms with E-state index in [-0.39, 0.29) is 6.61 Å². The summed E-state index contributed by atoms with van der Waals surface area (Å²) in [6, 6.07) is 3.31. The van der Waals surface area contributed by atoms with Gasteiger partial charge in [-0.2, -0.15) is 0 Å². The third-order valence-corrected chi connectivity index (χ3v) is 2.73. The molecule has 1 rings (SSSR count). The molecule has 4 nitrogen and oxygen atoms in total. The second-order valence-corrected chi connectivity index (χ2v) is 4.87. The minimum absolute atomic E-state index is 0.307. The molecular formula is C13H12BrF3O4. The summed E-state index contributed by atoms with van der Waals surface area (Å²) in [6.07, 6.45) is -2.48. The van der Waals surface area contributed by atoms with Gasteiger partial charge >= 0.3 is 12.3 Å². The molecule has 116 valence electrons. The van der Waals surface area contributed by atoms with E-state index in [4.69, 9.17) is 9.84 Å². The summed E-state index contributed by atoms with van der Waals surface area (Å²) in [6.45, 7) is 0.736. The van der Waals surface area contributed by atoms with E-state index in [9.17, 15) is 18.0 Å². The summed E-state index contributed by atoms with van der Waals surface area (Å²) in [4.78, 5) is 10.5. The Hall–Kier alpha value is -1.54. The molecule has 0 aliphatic rings. The molecule has 8 heteroatoms. The topological polar surface area (TPSA) is 55.8 Å². The van der Waals surface area contributed by atoms with Gasteiger partial charge in [0.1, 0.15) is 12.4 Å². The third-order valence-electron chi connectivity index (χ3n) is 2.27. The normalized spacial score (nSPS) is 11.9. The Morgan fingerprint density at radius 1 is 1.38 bits per heavy atom. The predicted octanol–water partition coefficient (Wildman–Crippen LogP) is 3.77. The van der Waals surface area contributed by atoms with Gasteiger partial charge in [-0.15, -0.1) is 13.2 Å². The maximum Gasteiger partial charge on any atom is 0.522 e. The molecule has 0 unspecified atom stereocenters. The summed E-state index contributed by atoms with van der Waals surface area (Å²) < 4.78 is 45.1. The van der Waals surface area contributed by atoms with Crippen LogP contribution in [0.3, 0.4) is 0 Å². The van der Waals surface area contributed by atoms with Crippen LogP contribution in [0.1, 0.15) is 11.1 Å². The van der Waals surface area contributed by atoms with Crippen LogP contribution in [0.5, 0.6) is 5.75 Å². The molecule has 0 heterocycles. The van der Waals surface area contributed by atoms with Crippen LogP contribution in [-0.2, 0) is 9.53 Å². The minimum Gasteiger partial charge on any atom is -0.490 e. The van der Waals surface area contributed by atoms with Crippen molar-refractivity contribution in [2.24, 2.45) is 0 Å². The maximum absolute atomic E-state index is 11.8. The van der Waals surface area contributed by atoms with Crippen LogP contribution in [0.25, 0.3) is 6.08 Å². The van der Waals surface area contributed by atoms with Crippen molar-refractivity contribution in [1.82, 2.24) is 0 Å². The van der Waals surface area contributed by atoms with Gasteiger partial charge in [0.05, 0.1) is 6.61 Å². The lowest BCUT2D eigenvalue weighted by molar-refractivity contribution is -0.325. The largest absolute Gasteiger partial charge is 0.522 e. The molecule has 0 aliphatic carbocycles. The number of halogens is 4. The van der Waals surface area contributed by atoms with Crippen molar-refractivity contribution >= 4 is 28.0 Å². The van der Waals surface area contributed by atoms with E-state index in [1.807, 2.05) is 0 Å². The number of carboxylic acid groups (broad SMARTS) is 1. The fourth-order valence-corrected chi connectivity index (χ4v) is 2.13. The number of benzene rings is 1. The Balaban J connectivity index is 2.82. The van der Waals surface area contributed by atoms with Gasteiger partial charge in [-0.1, -0.05) is 15.9 Å². The molecule has 0 aromatic heterocycles. The molecule has 1 aromatic carbocycles. The molecule has 1 N–H and O–H groups in total. The Kier molecular flexibility index (Phi) is 6.22. The maximum atomic E-state index is 11.8. The van der Waals surface area contributed by atoms with Crippen LogP contribution in [-0.4, -0.2) is 30.7 Å². The van der Waals surface area contributed by atoms with Gasteiger partial charge in [-0.05, 0) is 30.7 Å². The lowest BCUT2D eigenvalue weighted by Crippen LogP contribution is -2.18. The number of ether oxygens (including phenoxy) is 2. The van der Waals surface area contributed by atoms with Gasteiger partial charge < -0.3 is 9.84 Å². The lowest BCUT2D eigenvalue weighted by Gasteiger charge is -2.14. The average molecular weight is 369 g/mol. The molecule has 21 heavy (non-hydrogen) atoms. The average Bonchev–Trinajstić information content (AvgIpc) is 2.32. The van der Waals surface area contributed by atoms with Crippen molar-refractivity contribution < 1.29 is 32.5 Å². The molecule has 0 spiro atoms. The summed E-state index contributed by atoms with van der Waals surface area (Å²) in [5.74, 6) is -0.833. The van der Waals surface area contributed by atoms with E-state index < -0.39 is 18.9 Å². The van der Waals surface area contributed by atoms with Gasteiger partial charge in [-0.25, -0.2) is 4.79 Å². The van der Waals surface area contributed by atoms with Gasteiger partial charge in [0, 0.05) is 16.1 Å². The van der Waals surface area contributed by atoms with Gasteiger partial charge in [0.15, 0.2) is 0 Å². The molecular weight excluding hydrogens is 357 g/mol. The summed E-state index contributed by atoms with van der Waals surface area (Å²) in [5, 5.41) is 8.62. The number of carbonyl (C=O) groups is 1. The van der Waals surface area contributed by atoms with E-state index in [1.54, 1.807) is 19.1 Å². The van der Waals surface area contributed by atoms with Crippen molar-refractivity contribution in [1.29, 1.82) is 0 Å². The summed E-state index contributed by atoms with van der Waals surface area (Å²) >= 11 is 3.25. The Morgan fingerprint density at radius 2 is 2.05 bits per heavy atom. The van der Waals surface area contributed by atoms with Gasteiger partial charge in [0.25, 0.3) is 0 Å². The highest BCUT2D eigenvalue weighted by Crippen LogP contribution is 2.29. The standard InChI is InChI=1S/C13H12BrF3O4/c1-8-6-10(14)7-9(2-3-11(18)19)12(8)20-4-5-21-13(15,16)17/h2-3,6-7H,4-5H2,1H3,(H,18,19)/b3-2+. The molecule has 1 aromatic rings. The van der Waals surface area contributed by atoms with Crippen LogP contribution < -0.4 is 4.74 Å². The third kappa shape index (κ3) is 6.63. The fourth-order valence-electron chi connectivity index (χ4n) is 1.54. The van der Waals surface area contributed by atoms with Gasteiger partial charge in [-0.3, -0.25) is 4.74 Å². The number of rotatable bonds is 6. The second-order valence-electron chi connectivity index (χ2n) is 3.96. The van der Waals surface area contributed by atoms with E-state index in [0.717, 1.165) is 6.08 Å². The molecule has 0 amide bonds. The monoisotopic (exact) mass is 368 g/mol. The van der Waals surface area contributed by atoms with E-state index in [0.29, 0.717) is 21.3 Å². The molecule has 0 saturated carbocycles. The van der Waals surface area contributed by atoms with Crippen molar-refractivity contribution in [3.8, 4) is 5.75 Å². The predicted molar refractivity (Wildman–Crippen MR) is 73.1 cm³/mol. The number of alkyl halides is 3. The van der Waals surface area contributed by atoms with Crippen molar-refractivity contribution in [2.45, 2.75) is 13.3 Å². The first-order valence-electron chi connectivity index (χ1n) is 5.73. The number of aliphatic carboxylic acids is 1. The van der Waals surface area contributed by atoms with Crippen LogP contribution >= 0.6 is 15.9 Å². The highest BCUT2D eigenvalue weighted by molar-refractivity contribution is 9.10. The number of aryl methyl sites for hydroxylation is 1. The van der Waals surface area contributed by atoms with Crippen LogP contribution in [0.15, 0.2) is 22.7 Å². The zero-order valence-corrected chi connectivity index (χ0v) is 12.5. The molecule has 0 atom stereocenters. The first-order chi connectivity index (χ1) is 9.69. The second kappa shape index (κ2) is 7.46. The lowest BCUT2D eigenvalue weighted by atomic mass is 10.1. The van der Waals surface area contributed by atoms with E-state index in [1.165, 1.54) is 6.08 Å². The molecule has 0 fully saturated rings. The Morgan fingerprint density at radius 3 is 2.62 bits per heavy atom. The number of hydrogen-bond donors (Lipinski definition) is 1. The van der Waals surface area contributed by atoms with E-state index >= 15 is 0 Å². The summed E-state index contributed by atoms with van der Waals surface area (Å²) in [7, 11) is 0. The Labute approximate surface area is 127 Å². The number of hydrogen-bond acceptors (Lipinski definition) is 3. The molecule has 0 aliphatic heterocycles. The number of carboxylic acids is 1. The highest BCUT2D eigenvalue weighted by Gasteiger charge is 2.28. The first-order valence-corrected chi connectivity index (χ1v) is 6.53. The van der Waals surface area contributed by atoms with Crippen LogP contribution in [0.2, 0.25) is 0 Å². The molecule has 0 radical (unpaired) electrons. The highest BCUT2D eigenvalue weighted by atomic mass is 79.9. The van der Waals surface area contributed by atoms with Crippen molar-refractivity contribution in [3.05, 3.63) is 33.8 Å². The molecule has 0 saturated heterocycles. The first kappa shape index (κ1) is 17.5.